The molecule has 0 bridgehead atoms. The highest BCUT2D eigenvalue weighted by Gasteiger charge is 1.99. The summed E-state index contributed by atoms with van der Waals surface area (Å²) >= 11 is 0. The predicted octanol–water partition coefficient (Wildman–Crippen LogP) is 4.79. The van der Waals surface area contributed by atoms with Crippen LogP contribution in [0.25, 0.3) is 0 Å². The number of hydrogen-bond acceptors (Lipinski definition) is 4. The van der Waals surface area contributed by atoms with Crippen molar-refractivity contribution in [2.24, 2.45) is 0 Å². The van der Waals surface area contributed by atoms with Gasteiger partial charge in [0.15, 0.2) is 0 Å². The molecular weight excluding hydrogens is 280 g/mol. The van der Waals surface area contributed by atoms with Crippen LogP contribution < -0.4 is 0 Å². The van der Waals surface area contributed by atoms with Crippen LogP contribution in [0.3, 0.4) is 0 Å². The number of carbonyl (C=O) groups excluding carboxylic acids is 2. The van der Waals surface area contributed by atoms with E-state index < -0.39 is 0 Å². The second-order valence-corrected chi connectivity index (χ2v) is 5.91. The van der Waals surface area contributed by atoms with E-state index >= 15 is 0 Å². The van der Waals surface area contributed by atoms with Crippen LogP contribution in [-0.2, 0) is 19.1 Å². The van der Waals surface area contributed by atoms with Gasteiger partial charge in [0, 0.05) is 13.3 Å². The summed E-state index contributed by atoms with van der Waals surface area (Å²) in [6.07, 6.45) is 15.1. The summed E-state index contributed by atoms with van der Waals surface area (Å²) in [5.74, 6) is -0.266. The van der Waals surface area contributed by atoms with Gasteiger partial charge in [0.1, 0.15) is 0 Å². The zero-order valence-corrected chi connectivity index (χ0v) is 14.5. The molecule has 0 aromatic heterocycles. The van der Waals surface area contributed by atoms with E-state index in [0.29, 0.717) is 13.0 Å². The Morgan fingerprint density at radius 1 is 0.682 bits per heavy atom. The van der Waals surface area contributed by atoms with Crippen LogP contribution in [0.4, 0.5) is 0 Å². The van der Waals surface area contributed by atoms with Crippen molar-refractivity contribution in [2.75, 3.05) is 13.7 Å². The van der Waals surface area contributed by atoms with Crippen molar-refractivity contribution >= 4 is 11.9 Å². The summed E-state index contributed by atoms with van der Waals surface area (Å²) < 4.78 is 9.51. The van der Waals surface area contributed by atoms with Gasteiger partial charge in [0.2, 0.25) is 0 Å². The van der Waals surface area contributed by atoms with Crippen molar-refractivity contribution in [3.63, 3.8) is 0 Å². The topological polar surface area (TPSA) is 52.6 Å². The standard InChI is InChI=1S/C18H34O4/c1-17(19)22-16-14-12-10-8-6-4-3-5-7-9-11-13-15-18(20)21-2/h3-16H2,1-2H3. The molecule has 0 saturated heterocycles. The summed E-state index contributed by atoms with van der Waals surface area (Å²) in [4.78, 5) is 21.5. The Bertz CT molecular complexity index is 276. The second-order valence-electron chi connectivity index (χ2n) is 5.91. The average molecular weight is 314 g/mol. The van der Waals surface area contributed by atoms with Crippen molar-refractivity contribution < 1.29 is 19.1 Å². The number of esters is 2. The first kappa shape index (κ1) is 20.9. The van der Waals surface area contributed by atoms with E-state index in [2.05, 4.69) is 4.74 Å². The minimum Gasteiger partial charge on any atom is -0.469 e. The van der Waals surface area contributed by atoms with Crippen molar-refractivity contribution in [3.05, 3.63) is 0 Å². The molecule has 0 aliphatic rings. The van der Waals surface area contributed by atoms with E-state index in [4.69, 9.17) is 4.74 Å². The first-order chi connectivity index (χ1) is 10.7. The van der Waals surface area contributed by atoms with E-state index in [1.54, 1.807) is 0 Å². The molecule has 0 amide bonds. The number of carbonyl (C=O) groups is 2. The van der Waals surface area contributed by atoms with Crippen LogP contribution >= 0.6 is 0 Å². The van der Waals surface area contributed by atoms with Crippen LogP contribution in [0.1, 0.15) is 90.4 Å². The van der Waals surface area contributed by atoms with Crippen molar-refractivity contribution in [2.45, 2.75) is 90.4 Å². The molecule has 22 heavy (non-hydrogen) atoms. The van der Waals surface area contributed by atoms with Gasteiger partial charge in [-0.3, -0.25) is 9.59 Å². The lowest BCUT2D eigenvalue weighted by Gasteiger charge is -2.03. The maximum absolute atomic E-state index is 10.9. The van der Waals surface area contributed by atoms with E-state index in [1.165, 1.54) is 65.4 Å². The van der Waals surface area contributed by atoms with Gasteiger partial charge in [-0.2, -0.15) is 0 Å². The highest BCUT2D eigenvalue weighted by atomic mass is 16.5. The van der Waals surface area contributed by atoms with Crippen molar-refractivity contribution in [1.29, 1.82) is 0 Å². The molecule has 0 atom stereocenters. The molecule has 4 nitrogen and oxygen atoms in total. The second kappa shape index (κ2) is 16.3. The summed E-state index contributed by atoms with van der Waals surface area (Å²) in [5.41, 5.74) is 0. The van der Waals surface area contributed by atoms with Gasteiger partial charge in [0.25, 0.3) is 0 Å². The Hall–Kier alpha value is -1.06. The number of rotatable bonds is 15. The molecule has 0 rings (SSSR count). The SMILES string of the molecule is COC(=O)CCCCCCCCCCCCCCOC(C)=O. The van der Waals surface area contributed by atoms with Gasteiger partial charge in [0.05, 0.1) is 13.7 Å². The van der Waals surface area contributed by atoms with Crippen molar-refractivity contribution in [3.8, 4) is 0 Å². The molecule has 0 radical (unpaired) electrons. The van der Waals surface area contributed by atoms with Crippen molar-refractivity contribution in [1.82, 2.24) is 0 Å². The molecule has 0 saturated carbocycles. The highest BCUT2D eigenvalue weighted by molar-refractivity contribution is 5.68. The fraction of sp³-hybridized carbons (Fsp3) is 0.889. The molecular formula is C18H34O4. The van der Waals surface area contributed by atoms with E-state index in [1.807, 2.05) is 0 Å². The zero-order valence-electron chi connectivity index (χ0n) is 14.5. The van der Waals surface area contributed by atoms with E-state index in [9.17, 15) is 9.59 Å². The van der Waals surface area contributed by atoms with Crippen LogP contribution in [-0.4, -0.2) is 25.7 Å². The monoisotopic (exact) mass is 314 g/mol. The highest BCUT2D eigenvalue weighted by Crippen LogP contribution is 2.12. The van der Waals surface area contributed by atoms with Crippen LogP contribution in [0, 0.1) is 0 Å². The maximum Gasteiger partial charge on any atom is 0.305 e. The third-order valence-electron chi connectivity index (χ3n) is 3.81. The van der Waals surface area contributed by atoms with Gasteiger partial charge in [-0.05, 0) is 12.8 Å². The Labute approximate surface area is 135 Å². The summed E-state index contributed by atoms with van der Waals surface area (Å²) in [5, 5.41) is 0. The third-order valence-corrected chi connectivity index (χ3v) is 3.81. The molecule has 0 N–H and O–H groups in total. The minimum atomic E-state index is -0.176. The van der Waals surface area contributed by atoms with E-state index in [0.717, 1.165) is 25.7 Å². The summed E-state index contributed by atoms with van der Waals surface area (Å²) in [6.45, 7) is 2.03. The van der Waals surface area contributed by atoms with E-state index in [-0.39, 0.29) is 11.9 Å². The summed E-state index contributed by atoms with van der Waals surface area (Å²) in [6, 6.07) is 0. The Morgan fingerprint density at radius 2 is 1.09 bits per heavy atom. The molecule has 0 aromatic rings. The molecule has 0 unspecified atom stereocenters. The molecule has 0 heterocycles. The van der Waals surface area contributed by atoms with Gasteiger partial charge >= 0.3 is 11.9 Å². The van der Waals surface area contributed by atoms with Gasteiger partial charge in [-0.1, -0.05) is 64.2 Å². The molecule has 130 valence electrons. The largest absolute Gasteiger partial charge is 0.469 e. The number of ether oxygens (including phenoxy) is 2. The number of unbranched alkanes of at least 4 members (excludes halogenated alkanes) is 11. The molecule has 4 heteroatoms. The summed E-state index contributed by atoms with van der Waals surface area (Å²) in [7, 11) is 1.45. The fourth-order valence-corrected chi connectivity index (χ4v) is 2.46. The predicted molar refractivity (Wildman–Crippen MR) is 88.7 cm³/mol. The smallest absolute Gasteiger partial charge is 0.305 e. The van der Waals surface area contributed by atoms with Gasteiger partial charge in [-0.15, -0.1) is 0 Å². The Balaban J connectivity index is 3.02. The quantitative estimate of drug-likeness (QED) is 0.322. The zero-order chi connectivity index (χ0) is 16.5. The number of methoxy groups -OCH3 is 1. The number of hydrogen-bond donors (Lipinski definition) is 0. The molecule has 0 spiro atoms. The Morgan fingerprint density at radius 3 is 1.50 bits per heavy atom. The molecule has 0 aromatic carbocycles. The third kappa shape index (κ3) is 17.0. The minimum absolute atomic E-state index is 0.0899. The van der Waals surface area contributed by atoms with Crippen LogP contribution in [0.2, 0.25) is 0 Å². The lowest BCUT2D eigenvalue weighted by molar-refractivity contribution is -0.141. The lowest BCUT2D eigenvalue weighted by Crippen LogP contribution is -2.00. The Kier molecular flexibility index (Phi) is 15.5. The van der Waals surface area contributed by atoms with Crippen LogP contribution in [0.15, 0.2) is 0 Å². The van der Waals surface area contributed by atoms with Gasteiger partial charge < -0.3 is 9.47 Å². The average Bonchev–Trinajstić information content (AvgIpc) is 2.50. The normalized spacial score (nSPS) is 10.5. The first-order valence-electron chi connectivity index (χ1n) is 8.87. The molecule has 0 aliphatic carbocycles. The maximum atomic E-state index is 10.9. The fourth-order valence-electron chi connectivity index (χ4n) is 2.46. The van der Waals surface area contributed by atoms with Crippen LogP contribution in [0.5, 0.6) is 0 Å². The lowest BCUT2D eigenvalue weighted by atomic mass is 10.0. The molecule has 0 fully saturated rings. The first-order valence-corrected chi connectivity index (χ1v) is 8.87. The van der Waals surface area contributed by atoms with Gasteiger partial charge in [-0.25, -0.2) is 0 Å². The molecule has 0 aliphatic heterocycles.